The summed E-state index contributed by atoms with van der Waals surface area (Å²) in [5, 5.41) is 5.91. The number of carbonyl (C=O) groups excluding carboxylic acids is 1. The molecule has 0 spiro atoms. The maximum absolute atomic E-state index is 15.0. The van der Waals surface area contributed by atoms with Crippen LogP contribution in [0.15, 0.2) is 53.9 Å². The summed E-state index contributed by atoms with van der Waals surface area (Å²) in [5.41, 5.74) is -0.373. The Balaban J connectivity index is 1.93. The number of amides is 1. The van der Waals surface area contributed by atoms with E-state index >= 15 is 4.39 Å². The number of nitrogens with one attached hydrogen (secondary N) is 1. The van der Waals surface area contributed by atoms with Crippen LogP contribution in [0.4, 0.5) is 22.0 Å². The number of likely N-dealkylation sites (N-methyl/N-ethyl adjacent to an activating group) is 1. The van der Waals surface area contributed by atoms with Gasteiger partial charge in [0.25, 0.3) is 17.7 Å². The van der Waals surface area contributed by atoms with E-state index in [0.717, 1.165) is 36.7 Å². The molecule has 0 fully saturated rings. The fourth-order valence-corrected chi connectivity index (χ4v) is 2.63. The number of rotatable bonds is 8. The summed E-state index contributed by atoms with van der Waals surface area (Å²) in [7, 11) is 2.50. The van der Waals surface area contributed by atoms with E-state index in [2.05, 4.69) is 30.0 Å². The second kappa shape index (κ2) is 10.6. The SMILES string of the molecule is CNC(=O)/C(=N/OC)c1ccc(F)cc1Oc1ncnc(Oc2cccc(OC(F)(F)F)c2)c1F. The van der Waals surface area contributed by atoms with Crippen molar-refractivity contribution in [3.8, 4) is 29.0 Å². The van der Waals surface area contributed by atoms with E-state index in [1.54, 1.807) is 0 Å². The van der Waals surface area contributed by atoms with Crippen molar-refractivity contribution in [2.45, 2.75) is 6.36 Å². The van der Waals surface area contributed by atoms with Crippen LogP contribution in [-0.4, -0.2) is 42.1 Å². The van der Waals surface area contributed by atoms with Crippen LogP contribution < -0.4 is 19.5 Å². The Morgan fingerprint density at radius 3 is 2.34 bits per heavy atom. The first-order valence-electron chi connectivity index (χ1n) is 9.46. The Bertz CT molecular complexity index is 1250. The number of hydrogen-bond acceptors (Lipinski definition) is 8. The van der Waals surface area contributed by atoms with Gasteiger partial charge in [0.05, 0.1) is 5.56 Å². The van der Waals surface area contributed by atoms with Gasteiger partial charge in [0.1, 0.15) is 36.5 Å². The van der Waals surface area contributed by atoms with Crippen LogP contribution in [0.5, 0.6) is 29.0 Å². The average Bonchev–Trinajstić information content (AvgIpc) is 2.79. The van der Waals surface area contributed by atoms with Crippen molar-refractivity contribution < 1.29 is 45.8 Å². The highest BCUT2D eigenvalue weighted by molar-refractivity contribution is 6.45. The molecule has 1 amide bonds. The van der Waals surface area contributed by atoms with Crippen LogP contribution in [0.1, 0.15) is 5.56 Å². The van der Waals surface area contributed by atoms with Crippen LogP contribution in [0.25, 0.3) is 0 Å². The molecule has 3 rings (SSSR count). The van der Waals surface area contributed by atoms with E-state index in [1.165, 1.54) is 26.3 Å². The van der Waals surface area contributed by atoms with Gasteiger partial charge in [0, 0.05) is 19.2 Å². The van der Waals surface area contributed by atoms with E-state index in [4.69, 9.17) is 9.47 Å². The van der Waals surface area contributed by atoms with E-state index in [1.807, 2.05) is 0 Å². The van der Waals surface area contributed by atoms with Gasteiger partial charge in [-0.3, -0.25) is 4.79 Å². The van der Waals surface area contributed by atoms with Crippen LogP contribution in [-0.2, 0) is 9.63 Å². The maximum Gasteiger partial charge on any atom is 0.573 e. The fraction of sp³-hybridized carbons (Fsp3) is 0.143. The molecule has 0 saturated heterocycles. The molecule has 1 N–H and O–H groups in total. The first-order valence-corrected chi connectivity index (χ1v) is 9.46. The van der Waals surface area contributed by atoms with Crippen LogP contribution >= 0.6 is 0 Å². The molecule has 1 heterocycles. The van der Waals surface area contributed by atoms with Gasteiger partial charge >= 0.3 is 6.36 Å². The van der Waals surface area contributed by atoms with Crippen molar-refractivity contribution >= 4 is 11.6 Å². The number of alkyl halides is 3. The van der Waals surface area contributed by atoms with Crippen molar-refractivity contribution in [3.05, 3.63) is 66.0 Å². The first kappa shape index (κ1) is 25.1. The Morgan fingerprint density at radius 2 is 1.69 bits per heavy atom. The number of carbonyl (C=O) groups is 1. The van der Waals surface area contributed by atoms with Crippen LogP contribution in [0.3, 0.4) is 0 Å². The van der Waals surface area contributed by atoms with E-state index in [9.17, 15) is 22.4 Å². The Hall–Kier alpha value is -4.49. The predicted molar refractivity (Wildman–Crippen MR) is 109 cm³/mol. The van der Waals surface area contributed by atoms with Crippen molar-refractivity contribution in [2.75, 3.05) is 14.2 Å². The summed E-state index contributed by atoms with van der Waals surface area (Å²) in [6, 6.07) is 7.30. The lowest BCUT2D eigenvalue weighted by molar-refractivity contribution is -0.274. The molecular formula is C21H15F5N4O5. The Morgan fingerprint density at radius 1 is 1.00 bits per heavy atom. The van der Waals surface area contributed by atoms with Gasteiger partial charge < -0.3 is 24.4 Å². The van der Waals surface area contributed by atoms with Gasteiger partial charge in [0.15, 0.2) is 5.71 Å². The van der Waals surface area contributed by atoms with E-state index < -0.39 is 41.4 Å². The van der Waals surface area contributed by atoms with Crippen molar-refractivity contribution in [1.82, 2.24) is 15.3 Å². The van der Waals surface area contributed by atoms with Crippen molar-refractivity contribution in [2.24, 2.45) is 5.16 Å². The molecule has 0 radical (unpaired) electrons. The minimum Gasteiger partial charge on any atom is -0.436 e. The minimum atomic E-state index is -4.94. The summed E-state index contributed by atoms with van der Waals surface area (Å²) in [6.07, 6.45) is -4.10. The number of benzene rings is 2. The normalized spacial score (nSPS) is 11.6. The lowest BCUT2D eigenvalue weighted by Gasteiger charge is -2.13. The van der Waals surface area contributed by atoms with Crippen LogP contribution in [0.2, 0.25) is 0 Å². The highest BCUT2D eigenvalue weighted by Crippen LogP contribution is 2.33. The highest BCUT2D eigenvalue weighted by Gasteiger charge is 2.31. The third-order valence-electron chi connectivity index (χ3n) is 4.01. The van der Waals surface area contributed by atoms with E-state index in [0.29, 0.717) is 0 Å². The molecule has 3 aromatic rings. The molecular weight excluding hydrogens is 483 g/mol. The third-order valence-corrected chi connectivity index (χ3v) is 4.01. The third kappa shape index (κ3) is 6.52. The number of nitrogens with zero attached hydrogens (tertiary/aromatic N) is 3. The lowest BCUT2D eigenvalue weighted by atomic mass is 10.1. The maximum atomic E-state index is 15.0. The zero-order valence-electron chi connectivity index (χ0n) is 17.9. The van der Waals surface area contributed by atoms with Gasteiger partial charge in [-0.25, -0.2) is 4.39 Å². The largest absolute Gasteiger partial charge is 0.573 e. The molecule has 14 heteroatoms. The number of hydrogen-bond donors (Lipinski definition) is 1. The summed E-state index contributed by atoms with van der Waals surface area (Å²) in [5.74, 6) is -5.42. The summed E-state index contributed by atoms with van der Waals surface area (Å²) in [6.45, 7) is 0. The first-order chi connectivity index (χ1) is 16.6. The zero-order chi connectivity index (χ0) is 25.6. The quantitative estimate of drug-likeness (QED) is 0.280. The van der Waals surface area contributed by atoms with Gasteiger partial charge in [-0.2, -0.15) is 14.4 Å². The van der Waals surface area contributed by atoms with Gasteiger partial charge in [0.2, 0.25) is 5.82 Å². The van der Waals surface area contributed by atoms with Gasteiger partial charge in [-0.1, -0.05) is 11.2 Å². The number of ether oxygens (including phenoxy) is 3. The van der Waals surface area contributed by atoms with Gasteiger partial charge in [-0.15, -0.1) is 13.2 Å². The van der Waals surface area contributed by atoms with Crippen molar-refractivity contribution in [3.63, 3.8) is 0 Å². The molecule has 0 aliphatic carbocycles. The molecule has 0 aliphatic rings. The number of aromatic nitrogens is 2. The molecule has 184 valence electrons. The molecule has 0 saturated carbocycles. The standard InChI is InChI=1S/C21H15F5N4O5/c1-27-18(31)17(30-32-2)14-7-6-11(22)8-15(14)34-20-16(23)19(28-10-29-20)33-12-4-3-5-13(9-12)35-21(24,25)26/h3-10H,1-2H3,(H,27,31)/b30-17+. The molecule has 0 aliphatic heterocycles. The Kier molecular flexibility index (Phi) is 7.63. The molecule has 1 aromatic heterocycles. The lowest BCUT2D eigenvalue weighted by Crippen LogP contribution is -2.29. The summed E-state index contributed by atoms with van der Waals surface area (Å²) < 4.78 is 80.6. The second-order valence-corrected chi connectivity index (χ2v) is 6.37. The topological polar surface area (TPSA) is 104 Å². The summed E-state index contributed by atoms with van der Waals surface area (Å²) >= 11 is 0. The fourth-order valence-electron chi connectivity index (χ4n) is 2.63. The van der Waals surface area contributed by atoms with Gasteiger partial charge in [-0.05, 0) is 24.3 Å². The van der Waals surface area contributed by atoms with E-state index in [-0.39, 0.29) is 22.8 Å². The average molecular weight is 498 g/mol. The molecule has 0 atom stereocenters. The molecule has 35 heavy (non-hydrogen) atoms. The van der Waals surface area contributed by atoms with Crippen LogP contribution in [0, 0.1) is 11.6 Å². The Labute approximate surface area is 194 Å². The summed E-state index contributed by atoms with van der Waals surface area (Å²) in [4.78, 5) is 24.0. The highest BCUT2D eigenvalue weighted by atomic mass is 19.4. The number of oxime groups is 1. The molecule has 2 aromatic carbocycles. The molecule has 0 unspecified atom stereocenters. The second-order valence-electron chi connectivity index (χ2n) is 6.37. The zero-order valence-corrected chi connectivity index (χ0v) is 17.9. The monoisotopic (exact) mass is 498 g/mol. The number of halogens is 5. The minimum absolute atomic E-state index is 0.0647. The molecule has 9 nitrogen and oxygen atoms in total. The molecule has 0 bridgehead atoms. The van der Waals surface area contributed by atoms with Crippen molar-refractivity contribution in [1.29, 1.82) is 0 Å². The predicted octanol–water partition coefficient (Wildman–Crippen LogP) is 4.33. The smallest absolute Gasteiger partial charge is 0.436 e.